The number of para-hydroxylation sites is 1. The molecule has 0 radical (unpaired) electrons. The summed E-state index contributed by atoms with van der Waals surface area (Å²) in [7, 11) is 1.50. The van der Waals surface area contributed by atoms with E-state index in [-0.39, 0.29) is 17.4 Å². The van der Waals surface area contributed by atoms with Gasteiger partial charge in [0.1, 0.15) is 23.5 Å². The van der Waals surface area contributed by atoms with Crippen LogP contribution in [0.5, 0.6) is 17.4 Å². The fourth-order valence-electron chi connectivity index (χ4n) is 2.92. The molecule has 0 bridgehead atoms. The number of carbonyl (C=O) groups excluding carboxylic acids is 1. The zero-order valence-corrected chi connectivity index (χ0v) is 16.1. The molecule has 0 unspecified atom stereocenters. The van der Waals surface area contributed by atoms with Crippen LogP contribution in [0.3, 0.4) is 0 Å². The standard InChI is InChI=1S/C22H19N5O3/c1-29-18-9-5-4-8-17(18)21(28)27-26-20-19(23)22(25-13-24-20)30-16-11-10-14-6-2-3-7-15(14)12-16/h2-13H,23H2,1H3,(H,27,28)(H,24,25,26). The van der Waals surface area contributed by atoms with Crippen molar-refractivity contribution in [3.8, 4) is 17.4 Å². The maximum absolute atomic E-state index is 12.4. The second-order valence-electron chi connectivity index (χ2n) is 6.33. The molecule has 0 spiro atoms. The lowest BCUT2D eigenvalue weighted by Gasteiger charge is -2.13. The number of aromatic nitrogens is 2. The van der Waals surface area contributed by atoms with Gasteiger partial charge in [-0.1, -0.05) is 42.5 Å². The minimum absolute atomic E-state index is 0.158. The minimum Gasteiger partial charge on any atom is -0.496 e. The predicted octanol–water partition coefficient (Wildman–Crippen LogP) is 3.77. The van der Waals surface area contributed by atoms with Gasteiger partial charge in [0.25, 0.3) is 5.91 Å². The van der Waals surface area contributed by atoms with Crippen molar-refractivity contribution in [2.24, 2.45) is 0 Å². The maximum atomic E-state index is 12.4. The first-order valence-electron chi connectivity index (χ1n) is 9.12. The predicted molar refractivity (Wildman–Crippen MR) is 115 cm³/mol. The molecule has 4 aromatic rings. The van der Waals surface area contributed by atoms with Gasteiger partial charge in [0.05, 0.1) is 12.7 Å². The van der Waals surface area contributed by atoms with Crippen LogP contribution >= 0.6 is 0 Å². The maximum Gasteiger partial charge on any atom is 0.273 e. The lowest BCUT2D eigenvalue weighted by atomic mass is 10.1. The molecule has 150 valence electrons. The fraction of sp³-hybridized carbons (Fsp3) is 0.0455. The van der Waals surface area contributed by atoms with Crippen LogP contribution in [0.4, 0.5) is 11.5 Å². The highest BCUT2D eigenvalue weighted by Gasteiger charge is 2.14. The van der Waals surface area contributed by atoms with Crippen LogP contribution in [0.15, 0.2) is 73.1 Å². The summed E-state index contributed by atoms with van der Waals surface area (Å²) in [6.45, 7) is 0. The third kappa shape index (κ3) is 3.93. The van der Waals surface area contributed by atoms with Gasteiger partial charge in [-0.25, -0.2) is 4.98 Å². The average molecular weight is 401 g/mol. The van der Waals surface area contributed by atoms with E-state index in [9.17, 15) is 4.79 Å². The van der Waals surface area contributed by atoms with Crippen molar-refractivity contribution in [3.05, 3.63) is 78.6 Å². The Balaban J connectivity index is 1.50. The Morgan fingerprint density at radius 2 is 1.73 bits per heavy atom. The molecule has 4 N–H and O–H groups in total. The number of hydrogen-bond donors (Lipinski definition) is 3. The Morgan fingerprint density at radius 1 is 0.967 bits per heavy atom. The number of ether oxygens (including phenoxy) is 2. The fourth-order valence-corrected chi connectivity index (χ4v) is 2.92. The Morgan fingerprint density at radius 3 is 2.57 bits per heavy atom. The first kappa shape index (κ1) is 19.0. The van der Waals surface area contributed by atoms with E-state index in [0.717, 1.165) is 10.8 Å². The number of hydrazine groups is 1. The molecule has 1 heterocycles. The van der Waals surface area contributed by atoms with Gasteiger partial charge in [0.2, 0.25) is 5.88 Å². The van der Waals surface area contributed by atoms with Crippen molar-refractivity contribution < 1.29 is 14.3 Å². The molecule has 3 aromatic carbocycles. The van der Waals surface area contributed by atoms with Crippen LogP contribution in [0.2, 0.25) is 0 Å². The van der Waals surface area contributed by atoms with Crippen LogP contribution in [-0.2, 0) is 0 Å². The Labute approximate surface area is 172 Å². The molecule has 8 heteroatoms. The molecule has 4 rings (SSSR count). The quantitative estimate of drug-likeness (QED) is 0.422. The second kappa shape index (κ2) is 8.36. The summed E-state index contributed by atoms with van der Waals surface area (Å²) in [5.74, 6) is 1.02. The Hall–Kier alpha value is -4.33. The number of nitrogens with zero attached hydrogens (tertiary/aromatic N) is 2. The van der Waals surface area contributed by atoms with E-state index in [2.05, 4.69) is 20.8 Å². The largest absolute Gasteiger partial charge is 0.496 e. The van der Waals surface area contributed by atoms with E-state index in [1.807, 2.05) is 42.5 Å². The van der Waals surface area contributed by atoms with Crippen molar-refractivity contribution >= 4 is 28.2 Å². The SMILES string of the molecule is COc1ccccc1C(=O)NNc1ncnc(Oc2ccc3ccccc3c2)c1N. The molecule has 0 aliphatic rings. The number of anilines is 2. The third-order valence-corrected chi connectivity index (χ3v) is 4.43. The van der Waals surface area contributed by atoms with Gasteiger partial charge in [-0.3, -0.25) is 15.6 Å². The van der Waals surface area contributed by atoms with Gasteiger partial charge in [0.15, 0.2) is 5.82 Å². The minimum atomic E-state index is -0.401. The molecular weight excluding hydrogens is 382 g/mol. The number of nitrogens with two attached hydrogens (primary N) is 1. The van der Waals surface area contributed by atoms with Gasteiger partial charge < -0.3 is 15.2 Å². The zero-order chi connectivity index (χ0) is 20.9. The molecule has 0 aliphatic carbocycles. The van der Waals surface area contributed by atoms with Gasteiger partial charge in [-0.05, 0) is 35.0 Å². The third-order valence-electron chi connectivity index (χ3n) is 4.43. The molecule has 8 nitrogen and oxygen atoms in total. The highest BCUT2D eigenvalue weighted by Crippen LogP contribution is 2.30. The first-order valence-corrected chi connectivity index (χ1v) is 9.12. The monoisotopic (exact) mass is 401 g/mol. The van der Waals surface area contributed by atoms with Crippen molar-refractivity contribution in [2.45, 2.75) is 0 Å². The highest BCUT2D eigenvalue weighted by atomic mass is 16.5. The lowest BCUT2D eigenvalue weighted by Crippen LogP contribution is -2.30. The van der Waals surface area contributed by atoms with E-state index in [0.29, 0.717) is 17.1 Å². The topological polar surface area (TPSA) is 111 Å². The van der Waals surface area contributed by atoms with Crippen LogP contribution in [0.1, 0.15) is 10.4 Å². The normalized spacial score (nSPS) is 10.4. The average Bonchev–Trinajstić information content (AvgIpc) is 2.79. The van der Waals surface area contributed by atoms with Crippen LogP contribution < -0.4 is 26.1 Å². The number of rotatable bonds is 6. The molecule has 30 heavy (non-hydrogen) atoms. The number of fused-ring (bicyclic) bond motifs is 1. The van der Waals surface area contributed by atoms with E-state index in [1.54, 1.807) is 24.3 Å². The summed E-state index contributed by atoms with van der Waals surface area (Å²) in [5, 5.41) is 2.13. The summed E-state index contributed by atoms with van der Waals surface area (Å²) < 4.78 is 11.0. The zero-order valence-electron chi connectivity index (χ0n) is 16.1. The molecule has 0 fully saturated rings. The number of carbonyl (C=O) groups is 1. The van der Waals surface area contributed by atoms with Crippen LogP contribution in [0.25, 0.3) is 10.8 Å². The van der Waals surface area contributed by atoms with Crippen LogP contribution in [0, 0.1) is 0 Å². The number of nitrogen functional groups attached to an aromatic ring is 1. The van der Waals surface area contributed by atoms with Crippen molar-refractivity contribution in [2.75, 3.05) is 18.3 Å². The molecule has 0 aliphatic heterocycles. The highest BCUT2D eigenvalue weighted by molar-refractivity contribution is 5.97. The number of benzene rings is 3. The lowest BCUT2D eigenvalue weighted by molar-refractivity contribution is 0.0959. The van der Waals surface area contributed by atoms with Gasteiger partial charge in [-0.15, -0.1) is 0 Å². The molecule has 0 atom stereocenters. The summed E-state index contributed by atoms with van der Waals surface area (Å²) in [5.41, 5.74) is 11.9. The van der Waals surface area contributed by atoms with Gasteiger partial charge in [0, 0.05) is 0 Å². The van der Waals surface area contributed by atoms with Crippen molar-refractivity contribution in [3.63, 3.8) is 0 Å². The second-order valence-corrected chi connectivity index (χ2v) is 6.33. The van der Waals surface area contributed by atoms with Gasteiger partial charge >= 0.3 is 0 Å². The van der Waals surface area contributed by atoms with Gasteiger partial charge in [-0.2, -0.15) is 4.98 Å². The number of amides is 1. The molecular formula is C22H19N5O3. The summed E-state index contributed by atoms with van der Waals surface area (Å²) in [6.07, 6.45) is 1.30. The summed E-state index contributed by atoms with van der Waals surface area (Å²) >= 11 is 0. The van der Waals surface area contributed by atoms with Crippen molar-refractivity contribution in [1.29, 1.82) is 0 Å². The number of nitrogens with one attached hydrogen (secondary N) is 2. The molecule has 1 aromatic heterocycles. The van der Waals surface area contributed by atoms with E-state index in [4.69, 9.17) is 15.2 Å². The van der Waals surface area contributed by atoms with E-state index < -0.39 is 5.91 Å². The van der Waals surface area contributed by atoms with E-state index in [1.165, 1.54) is 13.4 Å². The number of hydrogen-bond acceptors (Lipinski definition) is 7. The Kier molecular flexibility index (Phi) is 5.29. The summed E-state index contributed by atoms with van der Waals surface area (Å²) in [6, 6.07) is 20.5. The van der Waals surface area contributed by atoms with E-state index >= 15 is 0 Å². The Bertz CT molecular complexity index is 1210. The first-order chi connectivity index (χ1) is 14.7. The molecule has 1 amide bonds. The van der Waals surface area contributed by atoms with Crippen LogP contribution in [-0.4, -0.2) is 23.0 Å². The molecule has 0 saturated heterocycles. The summed E-state index contributed by atoms with van der Waals surface area (Å²) in [4.78, 5) is 20.6. The number of methoxy groups -OCH3 is 1. The van der Waals surface area contributed by atoms with Crippen molar-refractivity contribution in [1.82, 2.24) is 15.4 Å². The molecule has 0 saturated carbocycles. The smallest absolute Gasteiger partial charge is 0.273 e.